The molecule has 0 bridgehead atoms. The van der Waals surface area contributed by atoms with Gasteiger partial charge in [0.05, 0.1) is 12.0 Å². The Morgan fingerprint density at radius 2 is 1.87 bits per heavy atom. The highest BCUT2D eigenvalue weighted by Crippen LogP contribution is 2.20. The van der Waals surface area contributed by atoms with Gasteiger partial charge in [-0.25, -0.2) is 4.79 Å². The molecule has 2 rings (SSSR count). The highest BCUT2D eigenvalue weighted by atomic mass is 16.4. The largest absolute Gasteiger partial charge is 0.478 e. The Hall–Kier alpha value is -2.56. The second-order valence-electron chi connectivity index (χ2n) is 5.77. The average molecular weight is 314 g/mol. The smallest absolute Gasteiger partial charge is 0.337 e. The fourth-order valence-corrected chi connectivity index (χ4v) is 2.81. The second-order valence-corrected chi connectivity index (χ2v) is 5.77. The molecule has 0 saturated heterocycles. The summed E-state index contributed by atoms with van der Waals surface area (Å²) in [6.45, 7) is 8.23. The normalized spacial score (nSPS) is 10.6. The van der Waals surface area contributed by atoms with Crippen LogP contribution in [0.25, 0.3) is 0 Å². The Morgan fingerprint density at radius 1 is 1.17 bits per heavy atom. The fourth-order valence-electron chi connectivity index (χ4n) is 2.81. The Morgan fingerprint density at radius 3 is 2.43 bits per heavy atom. The summed E-state index contributed by atoms with van der Waals surface area (Å²) in [6.07, 6.45) is 1.82. The number of carbonyl (C=O) groups is 2. The maximum absolute atomic E-state index is 12.4. The number of aromatic carboxylic acids is 1. The van der Waals surface area contributed by atoms with Gasteiger partial charge in [0.1, 0.15) is 0 Å². The first-order valence-electron chi connectivity index (χ1n) is 7.62. The van der Waals surface area contributed by atoms with Crippen molar-refractivity contribution >= 4 is 17.6 Å². The molecule has 0 atom stereocenters. The Balaban J connectivity index is 2.25. The number of hydrogen-bond acceptors (Lipinski definition) is 2. The van der Waals surface area contributed by atoms with E-state index in [2.05, 4.69) is 5.32 Å². The number of amides is 1. The lowest BCUT2D eigenvalue weighted by Crippen LogP contribution is -2.19. The van der Waals surface area contributed by atoms with E-state index < -0.39 is 5.97 Å². The summed E-state index contributed by atoms with van der Waals surface area (Å²) < 4.78 is 1.82. The SMILES string of the molecule is CCn1cc(C)c(C(=O)O)c1CC(=O)Nc1ccc(C)cc1C. The number of benzene rings is 1. The Labute approximate surface area is 135 Å². The first kappa shape index (κ1) is 16.8. The first-order chi connectivity index (χ1) is 10.8. The molecule has 5 heteroatoms. The molecule has 2 aromatic rings. The van der Waals surface area contributed by atoms with Gasteiger partial charge in [-0.2, -0.15) is 0 Å². The molecule has 0 aliphatic carbocycles. The number of anilines is 1. The summed E-state index contributed by atoms with van der Waals surface area (Å²) in [7, 11) is 0. The van der Waals surface area contributed by atoms with Gasteiger partial charge in [0.15, 0.2) is 0 Å². The lowest BCUT2D eigenvalue weighted by molar-refractivity contribution is -0.115. The summed E-state index contributed by atoms with van der Waals surface area (Å²) in [5.41, 5.74) is 4.31. The van der Waals surface area contributed by atoms with E-state index in [-0.39, 0.29) is 17.9 Å². The van der Waals surface area contributed by atoms with Crippen LogP contribution in [0.3, 0.4) is 0 Å². The molecular weight excluding hydrogens is 292 g/mol. The summed E-state index contributed by atoms with van der Waals surface area (Å²) in [4.78, 5) is 23.8. The second kappa shape index (κ2) is 6.69. The summed E-state index contributed by atoms with van der Waals surface area (Å²) in [6, 6.07) is 5.80. The molecule has 1 heterocycles. The van der Waals surface area contributed by atoms with Crippen LogP contribution in [-0.2, 0) is 17.8 Å². The number of aryl methyl sites for hydroxylation is 4. The summed E-state index contributed by atoms with van der Waals surface area (Å²) in [5.74, 6) is -1.21. The molecule has 0 saturated carbocycles. The average Bonchev–Trinajstić information content (AvgIpc) is 2.77. The van der Waals surface area contributed by atoms with E-state index in [1.54, 1.807) is 13.1 Å². The molecule has 0 unspecified atom stereocenters. The van der Waals surface area contributed by atoms with Crippen LogP contribution >= 0.6 is 0 Å². The topological polar surface area (TPSA) is 71.3 Å². The molecule has 23 heavy (non-hydrogen) atoms. The number of carboxylic acids is 1. The van der Waals surface area contributed by atoms with Gasteiger partial charge < -0.3 is 15.0 Å². The van der Waals surface area contributed by atoms with E-state index in [1.807, 2.05) is 43.5 Å². The Bertz CT molecular complexity index is 760. The van der Waals surface area contributed by atoms with Crippen molar-refractivity contribution in [3.05, 3.63) is 52.3 Å². The molecule has 1 aromatic carbocycles. The molecule has 122 valence electrons. The van der Waals surface area contributed by atoms with Crippen LogP contribution in [0, 0.1) is 20.8 Å². The highest BCUT2D eigenvalue weighted by molar-refractivity contribution is 5.96. The third-order valence-corrected chi connectivity index (χ3v) is 3.92. The zero-order valence-corrected chi connectivity index (χ0v) is 13.9. The van der Waals surface area contributed by atoms with Crippen LogP contribution in [0.4, 0.5) is 5.69 Å². The van der Waals surface area contributed by atoms with Crippen molar-refractivity contribution in [2.75, 3.05) is 5.32 Å². The van der Waals surface area contributed by atoms with Gasteiger partial charge in [-0.05, 0) is 44.9 Å². The van der Waals surface area contributed by atoms with Gasteiger partial charge >= 0.3 is 5.97 Å². The van der Waals surface area contributed by atoms with E-state index in [9.17, 15) is 14.7 Å². The molecular formula is C18H22N2O3. The summed E-state index contributed by atoms with van der Waals surface area (Å²) >= 11 is 0. The van der Waals surface area contributed by atoms with Crippen molar-refractivity contribution in [3.63, 3.8) is 0 Å². The zero-order chi connectivity index (χ0) is 17.1. The van der Waals surface area contributed by atoms with Crippen LogP contribution < -0.4 is 5.32 Å². The molecule has 5 nitrogen and oxygen atoms in total. The third-order valence-electron chi connectivity index (χ3n) is 3.92. The lowest BCUT2D eigenvalue weighted by atomic mass is 10.1. The van der Waals surface area contributed by atoms with Crippen LogP contribution in [0.1, 0.15) is 39.7 Å². The minimum Gasteiger partial charge on any atom is -0.478 e. The van der Waals surface area contributed by atoms with Crippen molar-refractivity contribution < 1.29 is 14.7 Å². The number of rotatable bonds is 5. The number of hydrogen-bond donors (Lipinski definition) is 2. The van der Waals surface area contributed by atoms with Crippen LogP contribution in [0.5, 0.6) is 0 Å². The molecule has 0 aliphatic heterocycles. The van der Waals surface area contributed by atoms with E-state index in [4.69, 9.17) is 0 Å². The summed E-state index contributed by atoms with van der Waals surface area (Å²) in [5, 5.41) is 12.3. The quantitative estimate of drug-likeness (QED) is 0.889. The fraction of sp³-hybridized carbons (Fsp3) is 0.333. The standard InChI is InChI=1S/C18H22N2O3/c1-5-20-10-13(4)17(18(22)23)15(20)9-16(21)19-14-7-6-11(2)8-12(14)3/h6-8,10H,5,9H2,1-4H3,(H,19,21)(H,22,23). The van der Waals surface area contributed by atoms with E-state index in [1.165, 1.54) is 0 Å². The molecule has 0 aliphatic rings. The van der Waals surface area contributed by atoms with Crippen LogP contribution in [0.15, 0.2) is 24.4 Å². The Kier molecular flexibility index (Phi) is 4.89. The van der Waals surface area contributed by atoms with Crippen molar-refractivity contribution in [1.29, 1.82) is 0 Å². The van der Waals surface area contributed by atoms with Crippen LogP contribution in [0.2, 0.25) is 0 Å². The molecule has 1 aromatic heterocycles. The predicted octanol–water partition coefficient (Wildman–Crippen LogP) is 3.31. The van der Waals surface area contributed by atoms with Crippen molar-refractivity contribution in [2.45, 2.75) is 40.7 Å². The maximum atomic E-state index is 12.4. The molecule has 0 spiro atoms. The third kappa shape index (κ3) is 3.62. The van der Waals surface area contributed by atoms with Crippen molar-refractivity contribution in [2.24, 2.45) is 0 Å². The van der Waals surface area contributed by atoms with Crippen molar-refractivity contribution in [1.82, 2.24) is 4.57 Å². The number of nitrogens with zero attached hydrogens (tertiary/aromatic N) is 1. The zero-order valence-electron chi connectivity index (χ0n) is 13.9. The number of nitrogens with one attached hydrogen (secondary N) is 1. The van der Waals surface area contributed by atoms with Crippen LogP contribution in [-0.4, -0.2) is 21.6 Å². The van der Waals surface area contributed by atoms with Gasteiger partial charge in [-0.15, -0.1) is 0 Å². The monoisotopic (exact) mass is 314 g/mol. The molecule has 0 radical (unpaired) electrons. The molecule has 2 N–H and O–H groups in total. The van der Waals surface area contributed by atoms with Crippen molar-refractivity contribution in [3.8, 4) is 0 Å². The minimum atomic E-state index is -0.996. The number of carbonyl (C=O) groups excluding carboxylic acids is 1. The van der Waals surface area contributed by atoms with Gasteiger partial charge in [-0.1, -0.05) is 17.7 Å². The van der Waals surface area contributed by atoms with Gasteiger partial charge in [0.2, 0.25) is 5.91 Å². The number of carboxylic acid groups (broad SMARTS) is 1. The van der Waals surface area contributed by atoms with E-state index in [0.717, 1.165) is 16.8 Å². The first-order valence-corrected chi connectivity index (χ1v) is 7.62. The van der Waals surface area contributed by atoms with Gasteiger partial charge in [0, 0.05) is 24.1 Å². The lowest BCUT2D eigenvalue weighted by Gasteiger charge is -2.11. The highest BCUT2D eigenvalue weighted by Gasteiger charge is 2.21. The van der Waals surface area contributed by atoms with Gasteiger partial charge in [-0.3, -0.25) is 4.79 Å². The predicted molar refractivity (Wildman–Crippen MR) is 90.1 cm³/mol. The van der Waals surface area contributed by atoms with E-state index in [0.29, 0.717) is 17.8 Å². The van der Waals surface area contributed by atoms with Gasteiger partial charge in [0.25, 0.3) is 0 Å². The number of aromatic nitrogens is 1. The maximum Gasteiger partial charge on any atom is 0.337 e. The van der Waals surface area contributed by atoms with E-state index >= 15 is 0 Å². The molecule has 1 amide bonds. The minimum absolute atomic E-state index is 0.0383. The molecule has 0 fully saturated rings.